The highest BCUT2D eigenvalue weighted by molar-refractivity contribution is 5.97. The minimum absolute atomic E-state index is 0.0234. The quantitative estimate of drug-likeness (QED) is 0.738. The maximum atomic E-state index is 13.1. The molecule has 0 fully saturated rings. The van der Waals surface area contributed by atoms with Crippen molar-refractivity contribution in [2.75, 3.05) is 6.54 Å². The van der Waals surface area contributed by atoms with Crippen LogP contribution in [0.25, 0.3) is 11.0 Å². The number of halogens is 1. The Hall–Kier alpha value is -1.68. The first-order chi connectivity index (χ1) is 10.1. The molecule has 0 saturated heterocycles. The van der Waals surface area contributed by atoms with Crippen molar-refractivity contribution in [2.45, 2.75) is 39.0 Å². The van der Waals surface area contributed by atoms with E-state index in [1.165, 1.54) is 12.1 Å². The molecule has 1 heterocycles. The van der Waals surface area contributed by atoms with E-state index in [1.54, 1.807) is 12.1 Å². The lowest BCUT2D eigenvalue weighted by Crippen LogP contribution is -2.10. The number of nitrogens with two attached hydrogens (primary N) is 1. The van der Waals surface area contributed by atoms with E-state index >= 15 is 0 Å². The summed E-state index contributed by atoms with van der Waals surface area (Å²) >= 11 is 0. The summed E-state index contributed by atoms with van der Waals surface area (Å²) in [6.07, 6.45) is 4.42. The predicted molar refractivity (Wildman–Crippen MR) is 81.8 cm³/mol. The lowest BCUT2D eigenvalue weighted by atomic mass is 9.93. The van der Waals surface area contributed by atoms with E-state index in [0.29, 0.717) is 35.6 Å². The SMILES string of the molecule is CCCC(CCN)CCC(=O)c1cc2cc(F)ccc2o1. The molecule has 114 valence electrons. The number of rotatable bonds is 8. The van der Waals surface area contributed by atoms with Crippen molar-refractivity contribution in [2.24, 2.45) is 11.7 Å². The fraction of sp³-hybridized carbons (Fsp3) is 0.471. The maximum absolute atomic E-state index is 13.1. The van der Waals surface area contributed by atoms with Gasteiger partial charge in [0.05, 0.1) is 0 Å². The zero-order valence-corrected chi connectivity index (χ0v) is 12.4. The average molecular weight is 291 g/mol. The molecule has 3 nitrogen and oxygen atoms in total. The maximum Gasteiger partial charge on any atom is 0.198 e. The molecule has 0 spiro atoms. The summed E-state index contributed by atoms with van der Waals surface area (Å²) in [6.45, 7) is 2.79. The van der Waals surface area contributed by atoms with Crippen LogP contribution in [0, 0.1) is 11.7 Å². The fourth-order valence-corrected chi connectivity index (χ4v) is 2.69. The van der Waals surface area contributed by atoms with E-state index in [1.807, 2.05) is 0 Å². The van der Waals surface area contributed by atoms with Gasteiger partial charge in [-0.25, -0.2) is 4.39 Å². The largest absolute Gasteiger partial charge is 0.453 e. The molecule has 1 unspecified atom stereocenters. The minimum atomic E-state index is -0.326. The standard InChI is InChI=1S/C17H22FNO2/c1-2-3-12(8-9-19)4-6-15(20)17-11-13-10-14(18)5-7-16(13)21-17/h5,7,10-12H,2-4,6,8-9,19H2,1H3. The Labute approximate surface area is 124 Å². The molecule has 0 amide bonds. The van der Waals surface area contributed by atoms with Gasteiger partial charge >= 0.3 is 0 Å². The van der Waals surface area contributed by atoms with Gasteiger partial charge in [0.25, 0.3) is 0 Å². The number of fused-ring (bicyclic) bond motifs is 1. The Morgan fingerprint density at radius 2 is 2.10 bits per heavy atom. The van der Waals surface area contributed by atoms with Crippen molar-refractivity contribution in [3.63, 3.8) is 0 Å². The Balaban J connectivity index is 2.01. The number of hydrogen-bond acceptors (Lipinski definition) is 3. The van der Waals surface area contributed by atoms with Crippen LogP contribution in [0.2, 0.25) is 0 Å². The van der Waals surface area contributed by atoms with E-state index in [0.717, 1.165) is 25.7 Å². The molecule has 0 aliphatic carbocycles. The van der Waals surface area contributed by atoms with Gasteiger partial charge in [-0.2, -0.15) is 0 Å². The van der Waals surface area contributed by atoms with Crippen LogP contribution in [0.15, 0.2) is 28.7 Å². The van der Waals surface area contributed by atoms with Crippen LogP contribution in [0.3, 0.4) is 0 Å². The highest BCUT2D eigenvalue weighted by Gasteiger charge is 2.15. The summed E-state index contributed by atoms with van der Waals surface area (Å²) in [5.74, 6) is 0.461. The lowest BCUT2D eigenvalue weighted by molar-refractivity contribution is 0.0947. The third-order valence-corrected chi connectivity index (χ3v) is 3.80. The summed E-state index contributed by atoms with van der Waals surface area (Å²) in [4.78, 5) is 12.2. The normalized spacial score (nSPS) is 12.7. The van der Waals surface area contributed by atoms with Crippen molar-refractivity contribution < 1.29 is 13.6 Å². The summed E-state index contributed by atoms with van der Waals surface area (Å²) < 4.78 is 18.6. The number of Topliss-reactive ketones (excluding diaryl/α,β-unsaturated/α-hetero) is 1. The molecule has 1 aromatic heterocycles. The number of hydrogen-bond donors (Lipinski definition) is 1. The van der Waals surface area contributed by atoms with Gasteiger partial charge in [0.1, 0.15) is 11.4 Å². The molecule has 2 rings (SSSR count). The number of benzene rings is 1. The molecule has 0 radical (unpaired) electrons. The van der Waals surface area contributed by atoms with E-state index in [9.17, 15) is 9.18 Å². The molecule has 2 aromatic rings. The monoisotopic (exact) mass is 291 g/mol. The van der Waals surface area contributed by atoms with Crippen LogP contribution in [0.1, 0.15) is 49.6 Å². The number of ketones is 1. The smallest absolute Gasteiger partial charge is 0.198 e. The highest BCUT2D eigenvalue weighted by Crippen LogP contribution is 2.23. The fourth-order valence-electron chi connectivity index (χ4n) is 2.69. The van der Waals surface area contributed by atoms with Gasteiger partial charge in [0.2, 0.25) is 0 Å². The molecule has 4 heteroatoms. The van der Waals surface area contributed by atoms with Gasteiger partial charge in [0.15, 0.2) is 11.5 Å². The van der Waals surface area contributed by atoms with Crippen LogP contribution >= 0.6 is 0 Å². The van der Waals surface area contributed by atoms with Crippen molar-refractivity contribution in [3.8, 4) is 0 Å². The first-order valence-corrected chi connectivity index (χ1v) is 7.56. The molecule has 1 aromatic carbocycles. The van der Waals surface area contributed by atoms with Gasteiger partial charge in [0, 0.05) is 11.8 Å². The minimum Gasteiger partial charge on any atom is -0.453 e. The Morgan fingerprint density at radius 3 is 2.81 bits per heavy atom. The molecule has 0 aliphatic rings. The summed E-state index contributed by atoms with van der Waals surface area (Å²) in [5.41, 5.74) is 6.15. The van der Waals surface area contributed by atoms with Crippen LogP contribution in [-0.4, -0.2) is 12.3 Å². The molecule has 0 bridgehead atoms. The summed E-state index contributed by atoms with van der Waals surface area (Å²) in [6, 6.07) is 5.89. The summed E-state index contributed by atoms with van der Waals surface area (Å²) in [7, 11) is 0. The van der Waals surface area contributed by atoms with E-state index in [2.05, 4.69) is 6.92 Å². The molecule has 21 heavy (non-hydrogen) atoms. The third kappa shape index (κ3) is 4.14. The molecule has 0 saturated carbocycles. The van der Waals surface area contributed by atoms with Crippen LogP contribution in [-0.2, 0) is 0 Å². The first kappa shape index (κ1) is 15.7. The van der Waals surface area contributed by atoms with Gasteiger partial charge < -0.3 is 10.2 Å². The Bertz CT molecular complexity index is 600. The van der Waals surface area contributed by atoms with Crippen LogP contribution in [0.4, 0.5) is 4.39 Å². The van der Waals surface area contributed by atoms with E-state index < -0.39 is 0 Å². The zero-order chi connectivity index (χ0) is 15.2. The average Bonchev–Trinajstić information content (AvgIpc) is 2.88. The first-order valence-electron chi connectivity index (χ1n) is 7.56. The van der Waals surface area contributed by atoms with Crippen LogP contribution < -0.4 is 5.73 Å². The van der Waals surface area contributed by atoms with Crippen LogP contribution in [0.5, 0.6) is 0 Å². The van der Waals surface area contributed by atoms with Gasteiger partial charge in [-0.1, -0.05) is 19.8 Å². The zero-order valence-electron chi connectivity index (χ0n) is 12.4. The van der Waals surface area contributed by atoms with Crippen molar-refractivity contribution in [1.82, 2.24) is 0 Å². The van der Waals surface area contributed by atoms with E-state index in [4.69, 9.17) is 10.2 Å². The van der Waals surface area contributed by atoms with Crippen molar-refractivity contribution in [1.29, 1.82) is 0 Å². The predicted octanol–water partition coefficient (Wildman–Crippen LogP) is 4.30. The van der Waals surface area contributed by atoms with Gasteiger partial charge in [-0.05, 0) is 49.6 Å². The molecule has 2 N–H and O–H groups in total. The van der Waals surface area contributed by atoms with Gasteiger partial charge in [-0.15, -0.1) is 0 Å². The Morgan fingerprint density at radius 1 is 1.29 bits per heavy atom. The lowest BCUT2D eigenvalue weighted by Gasteiger charge is -2.13. The second kappa shape index (κ2) is 7.36. The van der Waals surface area contributed by atoms with Crippen molar-refractivity contribution >= 4 is 16.8 Å². The molecule has 0 aliphatic heterocycles. The Kier molecular flexibility index (Phi) is 5.51. The van der Waals surface area contributed by atoms with E-state index in [-0.39, 0.29) is 11.6 Å². The number of furan rings is 1. The highest BCUT2D eigenvalue weighted by atomic mass is 19.1. The molecular weight excluding hydrogens is 269 g/mol. The van der Waals surface area contributed by atoms with Crippen molar-refractivity contribution in [3.05, 3.63) is 35.8 Å². The topological polar surface area (TPSA) is 56.2 Å². The number of carbonyl (C=O) groups is 1. The molecule has 1 atom stereocenters. The van der Waals surface area contributed by atoms with Gasteiger partial charge in [-0.3, -0.25) is 4.79 Å². The summed E-state index contributed by atoms with van der Waals surface area (Å²) in [5, 5.41) is 0.630. The second-order valence-electron chi connectivity index (χ2n) is 5.49. The molecular formula is C17H22FNO2. The second-order valence-corrected chi connectivity index (χ2v) is 5.49. The number of carbonyl (C=O) groups excluding carboxylic acids is 1. The third-order valence-electron chi connectivity index (χ3n) is 3.80.